The number of phenolic OH excluding ortho intramolecular Hbond substituents is 3. The second-order valence-corrected chi connectivity index (χ2v) is 9.17. The van der Waals surface area contributed by atoms with E-state index in [-0.39, 0.29) is 17.2 Å². The molecule has 0 unspecified atom stereocenters. The van der Waals surface area contributed by atoms with Gasteiger partial charge in [-0.05, 0) is 70.3 Å². The molecular formula is C23H32O7. The van der Waals surface area contributed by atoms with E-state index in [9.17, 15) is 35.1 Å². The molecule has 3 rings (SSSR count). The van der Waals surface area contributed by atoms with Gasteiger partial charge in [-0.2, -0.15) is 0 Å². The van der Waals surface area contributed by atoms with Gasteiger partial charge in [0, 0.05) is 11.1 Å². The maximum Gasteiger partial charge on any atom is 0.309 e. The number of carboxylic acids is 2. The molecule has 2 aliphatic rings. The predicted octanol–water partition coefficient (Wildman–Crippen LogP) is 4.35. The minimum Gasteiger partial charge on any atom is -0.508 e. The normalized spacial score (nSPS) is 18.1. The van der Waals surface area contributed by atoms with Gasteiger partial charge in [0.1, 0.15) is 5.75 Å². The van der Waals surface area contributed by atoms with Crippen molar-refractivity contribution < 1.29 is 35.1 Å². The van der Waals surface area contributed by atoms with Gasteiger partial charge in [0.2, 0.25) is 0 Å². The summed E-state index contributed by atoms with van der Waals surface area (Å²) in [6.07, 6.45) is 8.74. The summed E-state index contributed by atoms with van der Waals surface area (Å²) >= 11 is 0. The largest absolute Gasteiger partial charge is 0.508 e. The first-order chi connectivity index (χ1) is 14.2. The predicted molar refractivity (Wildman–Crippen MR) is 110 cm³/mol. The monoisotopic (exact) mass is 420 g/mol. The van der Waals surface area contributed by atoms with E-state index < -0.39 is 22.8 Å². The van der Waals surface area contributed by atoms with Gasteiger partial charge < -0.3 is 25.5 Å². The molecule has 30 heavy (non-hydrogen) atoms. The third-order valence-corrected chi connectivity index (χ3v) is 6.98. The van der Waals surface area contributed by atoms with E-state index >= 15 is 0 Å². The number of unbranched alkanes of at least 4 members (excludes halogenated alkanes) is 3. The van der Waals surface area contributed by atoms with Crippen molar-refractivity contribution in [3.63, 3.8) is 0 Å². The lowest BCUT2D eigenvalue weighted by atomic mass is 9.94. The average Bonchev–Trinajstić information content (AvgIpc) is 3.60. The molecule has 166 valence electrons. The Bertz CT molecular complexity index is 806. The van der Waals surface area contributed by atoms with Gasteiger partial charge >= 0.3 is 11.9 Å². The second-order valence-electron chi connectivity index (χ2n) is 9.17. The van der Waals surface area contributed by atoms with Crippen LogP contribution in [0.2, 0.25) is 0 Å². The highest BCUT2D eigenvalue weighted by Gasteiger charge is 2.49. The van der Waals surface area contributed by atoms with E-state index in [1.807, 2.05) is 0 Å². The Balaban J connectivity index is 1.45. The molecule has 0 amide bonds. The maximum atomic E-state index is 11.2. The van der Waals surface area contributed by atoms with E-state index in [2.05, 4.69) is 0 Å². The molecule has 2 fully saturated rings. The first kappa shape index (κ1) is 22.2. The van der Waals surface area contributed by atoms with Crippen LogP contribution in [-0.2, 0) is 22.4 Å². The molecular weight excluding hydrogens is 388 g/mol. The van der Waals surface area contributed by atoms with Crippen molar-refractivity contribution >= 4 is 11.9 Å². The molecule has 0 radical (unpaired) electrons. The second kappa shape index (κ2) is 8.74. The van der Waals surface area contributed by atoms with Crippen LogP contribution in [-0.4, -0.2) is 37.5 Å². The van der Waals surface area contributed by atoms with E-state index in [0.29, 0.717) is 56.1 Å². The number of aryl methyl sites for hydroxylation is 1. The van der Waals surface area contributed by atoms with Crippen molar-refractivity contribution in [1.82, 2.24) is 0 Å². The molecule has 0 atom stereocenters. The summed E-state index contributed by atoms with van der Waals surface area (Å²) < 4.78 is 0. The fraction of sp³-hybridized carbons (Fsp3) is 0.652. The number of aromatic hydroxyl groups is 3. The minimum atomic E-state index is -0.736. The highest BCUT2D eigenvalue weighted by atomic mass is 16.4. The number of rotatable bonds is 13. The highest BCUT2D eigenvalue weighted by molar-refractivity contribution is 5.78. The fourth-order valence-electron chi connectivity index (χ4n) is 4.34. The fourth-order valence-corrected chi connectivity index (χ4v) is 4.34. The summed E-state index contributed by atoms with van der Waals surface area (Å²) in [5, 5.41) is 49.4. The summed E-state index contributed by atoms with van der Waals surface area (Å²) in [4.78, 5) is 22.4. The standard InChI is InChI=1S/C23H32O7/c24-17-14-15(6-3-5-9-23(12-13-23)21(29)30)18(25)19(26)16(17)7-2-1-4-8-22(10-11-22)20(27)28/h14,24-26H,1-13H2,(H,27,28)(H,29,30). The van der Waals surface area contributed by atoms with Gasteiger partial charge in [-0.3, -0.25) is 9.59 Å². The van der Waals surface area contributed by atoms with Crippen LogP contribution >= 0.6 is 0 Å². The Morgan fingerprint density at radius 2 is 1.23 bits per heavy atom. The molecule has 0 saturated heterocycles. The Morgan fingerprint density at radius 1 is 0.733 bits per heavy atom. The van der Waals surface area contributed by atoms with E-state index in [1.165, 1.54) is 6.07 Å². The summed E-state index contributed by atoms with van der Waals surface area (Å²) in [5.74, 6) is -2.01. The third kappa shape index (κ3) is 4.82. The number of carbonyl (C=O) groups is 2. The molecule has 0 bridgehead atoms. The molecule has 5 N–H and O–H groups in total. The van der Waals surface area contributed by atoms with Crippen molar-refractivity contribution in [3.8, 4) is 17.2 Å². The lowest BCUT2D eigenvalue weighted by Crippen LogP contribution is -2.14. The number of phenols is 3. The van der Waals surface area contributed by atoms with Gasteiger partial charge in [0.05, 0.1) is 10.8 Å². The molecule has 1 aromatic carbocycles. The number of carboxylic acid groups (broad SMARTS) is 2. The Labute approximate surface area is 176 Å². The average molecular weight is 421 g/mol. The van der Waals surface area contributed by atoms with Crippen LogP contribution in [0.4, 0.5) is 0 Å². The summed E-state index contributed by atoms with van der Waals surface area (Å²) in [7, 11) is 0. The molecule has 0 aliphatic heterocycles. The first-order valence-electron chi connectivity index (χ1n) is 10.9. The SMILES string of the molecule is O=C(O)C1(CCCCCc2c(O)cc(CCCCC3(C(=O)O)CC3)c(O)c2O)CC1. The van der Waals surface area contributed by atoms with Crippen LogP contribution < -0.4 is 0 Å². The number of benzene rings is 1. The molecule has 0 heterocycles. The van der Waals surface area contributed by atoms with Crippen molar-refractivity contribution in [3.05, 3.63) is 17.2 Å². The minimum absolute atomic E-state index is 0.0475. The van der Waals surface area contributed by atoms with E-state index in [4.69, 9.17) is 0 Å². The summed E-state index contributed by atoms with van der Waals surface area (Å²) in [5.41, 5.74) is -0.294. The van der Waals surface area contributed by atoms with E-state index in [0.717, 1.165) is 38.5 Å². The zero-order chi connectivity index (χ0) is 21.9. The molecule has 0 aromatic heterocycles. The van der Waals surface area contributed by atoms with Crippen LogP contribution in [0.3, 0.4) is 0 Å². The van der Waals surface area contributed by atoms with Crippen LogP contribution in [0.15, 0.2) is 6.07 Å². The third-order valence-electron chi connectivity index (χ3n) is 6.98. The molecule has 2 saturated carbocycles. The van der Waals surface area contributed by atoms with Crippen LogP contribution in [0.25, 0.3) is 0 Å². The molecule has 7 heteroatoms. The van der Waals surface area contributed by atoms with Crippen LogP contribution in [0.1, 0.15) is 81.8 Å². The zero-order valence-corrected chi connectivity index (χ0v) is 17.3. The van der Waals surface area contributed by atoms with Crippen molar-refractivity contribution in [2.75, 3.05) is 0 Å². The zero-order valence-electron chi connectivity index (χ0n) is 17.3. The molecule has 0 spiro atoms. The molecule has 2 aliphatic carbocycles. The summed E-state index contributed by atoms with van der Waals surface area (Å²) in [6, 6.07) is 1.48. The van der Waals surface area contributed by atoms with Crippen molar-refractivity contribution in [2.24, 2.45) is 10.8 Å². The van der Waals surface area contributed by atoms with Crippen molar-refractivity contribution in [2.45, 2.75) is 83.5 Å². The number of hydrogen-bond donors (Lipinski definition) is 5. The maximum absolute atomic E-state index is 11.2. The van der Waals surface area contributed by atoms with Crippen LogP contribution in [0, 0.1) is 10.8 Å². The smallest absolute Gasteiger partial charge is 0.309 e. The Morgan fingerprint density at radius 3 is 1.73 bits per heavy atom. The van der Waals surface area contributed by atoms with Crippen LogP contribution in [0.5, 0.6) is 17.2 Å². The van der Waals surface area contributed by atoms with E-state index in [1.54, 1.807) is 0 Å². The lowest BCUT2D eigenvalue weighted by Gasteiger charge is -2.14. The lowest BCUT2D eigenvalue weighted by molar-refractivity contribution is -0.144. The molecule has 1 aromatic rings. The van der Waals surface area contributed by atoms with Gasteiger partial charge in [0.25, 0.3) is 0 Å². The van der Waals surface area contributed by atoms with Gasteiger partial charge in [0.15, 0.2) is 11.5 Å². The number of aliphatic carboxylic acids is 2. The summed E-state index contributed by atoms with van der Waals surface area (Å²) in [6.45, 7) is 0. The number of hydrogen-bond acceptors (Lipinski definition) is 5. The van der Waals surface area contributed by atoms with Crippen molar-refractivity contribution in [1.29, 1.82) is 0 Å². The van der Waals surface area contributed by atoms with Gasteiger partial charge in [-0.25, -0.2) is 0 Å². The Hall–Kier alpha value is -2.44. The topological polar surface area (TPSA) is 135 Å². The highest BCUT2D eigenvalue weighted by Crippen LogP contribution is 2.51. The van der Waals surface area contributed by atoms with Gasteiger partial charge in [-0.1, -0.05) is 19.3 Å². The quantitative estimate of drug-likeness (QED) is 0.182. The molecule has 7 nitrogen and oxygen atoms in total. The first-order valence-corrected chi connectivity index (χ1v) is 10.9. The van der Waals surface area contributed by atoms with Gasteiger partial charge in [-0.15, -0.1) is 0 Å². The Kier molecular flexibility index (Phi) is 6.48.